The van der Waals surface area contributed by atoms with Gasteiger partial charge >= 0.3 is 5.97 Å². The molecule has 1 atom stereocenters. The number of para-hydroxylation sites is 1. The second-order valence-corrected chi connectivity index (χ2v) is 7.20. The topological polar surface area (TPSA) is 53.1 Å². The number of aromatic amines is 1. The van der Waals surface area contributed by atoms with Gasteiger partial charge < -0.3 is 10.1 Å². The molecule has 2 heterocycles. The number of nitrogens with one attached hydrogen (secondary N) is 1. The van der Waals surface area contributed by atoms with E-state index in [2.05, 4.69) is 36.2 Å². The summed E-state index contributed by atoms with van der Waals surface area (Å²) in [6, 6.07) is 8.44. The van der Waals surface area contributed by atoms with Crippen LogP contribution in [0.1, 0.15) is 37.4 Å². The molecule has 3 rings (SSSR count). The van der Waals surface area contributed by atoms with Crippen LogP contribution in [0.3, 0.4) is 0 Å². The smallest absolute Gasteiger partial charge is 0.303 e. The standard InChI is InChI=1S/C16H19NO2S/c1-16(9-4-7-14(18)19)15-12(8-10-20-16)11-5-2-3-6-13(11)17-15/h2-3,5-6,17H,4,7-10H2,1H3,(H,18,19). The lowest BCUT2D eigenvalue weighted by Crippen LogP contribution is -2.25. The van der Waals surface area contributed by atoms with Gasteiger partial charge in [0.2, 0.25) is 0 Å². The number of thioether (sulfide) groups is 1. The third-order valence-electron chi connectivity index (χ3n) is 4.16. The van der Waals surface area contributed by atoms with E-state index in [1.807, 2.05) is 11.8 Å². The third kappa shape index (κ3) is 2.33. The Morgan fingerprint density at radius 1 is 1.45 bits per heavy atom. The summed E-state index contributed by atoms with van der Waals surface area (Å²) in [6.45, 7) is 2.24. The number of carboxylic acid groups (broad SMARTS) is 1. The highest BCUT2D eigenvalue weighted by atomic mass is 32.2. The van der Waals surface area contributed by atoms with Gasteiger partial charge in [-0.2, -0.15) is 0 Å². The Morgan fingerprint density at radius 2 is 2.25 bits per heavy atom. The summed E-state index contributed by atoms with van der Waals surface area (Å²) in [5.41, 5.74) is 3.93. The highest BCUT2D eigenvalue weighted by Crippen LogP contribution is 2.47. The molecule has 0 spiro atoms. The minimum atomic E-state index is -0.703. The quantitative estimate of drug-likeness (QED) is 0.896. The van der Waals surface area contributed by atoms with Crippen molar-refractivity contribution in [1.82, 2.24) is 4.98 Å². The van der Waals surface area contributed by atoms with Gasteiger partial charge in [0, 0.05) is 23.0 Å². The minimum Gasteiger partial charge on any atom is -0.481 e. The van der Waals surface area contributed by atoms with Crippen molar-refractivity contribution in [3.8, 4) is 0 Å². The molecule has 3 nitrogen and oxygen atoms in total. The van der Waals surface area contributed by atoms with Crippen LogP contribution in [-0.2, 0) is 16.0 Å². The van der Waals surface area contributed by atoms with E-state index in [0.717, 1.165) is 25.0 Å². The number of benzene rings is 1. The Hall–Kier alpha value is -1.42. The summed E-state index contributed by atoms with van der Waals surface area (Å²) >= 11 is 1.95. The zero-order valence-electron chi connectivity index (χ0n) is 11.6. The Labute approximate surface area is 122 Å². The van der Waals surface area contributed by atoms with Crippen molar-refractivity contribution < 1.29 is 9.90 Å². The van der Waals surface area contributed by atoms with E-state index in [4.69, 9.17) is 5.11 Å². The van der Waals surface area contributed by atoms with Crippen LogP contribution < -0.4 is 0 Å². The van der Waals surface area contributed by atoms with Gasteiger partial charge in [-0.1, -0.05) is 18.2 Å². The van der Waals surface area contributed by atoms with Crippen LogP contribution in [0.15, 0.2) is 24.3 Å². The highest BCUT2D eigenvalue weighted by molar-refractivity contribution is 8.00. The fraction of sp³-hybridized carbons (Fsp3) is 0.438. The first-order valence-electron chi connectivity index (χ1n) is 7.06. The second-order valence-electron chi connectivity index (χ2n) is 5.60. The van der Waals surface area contributed by atoms with Crippen LogP contribution in [0.25, 0.3) is 10.9 Å². The summed E-state index contributed by atoms with van der Waals surface area (Å²) < 4.78 is 0.0159. The number of aromatic nitrogens is 1. The monoisotopic (exact) mass is 289 g/mol. The number of aryl methyl sites for hydroxylation is 1. The molecule has 0 saturated carbocycles. The maximum absolute atomic E-state index is 10.7. The van der Waals surface area contributed by atoms with Crippen LogP contribution in [0.5, 0.6) is 0 Å². The first kappa shape index (κ1) is 13.6. The van der Waals surface area contributed by atoms with Gasteiger partial charge in [0.15, 0.2) is 0 Å². The van der Waals surface area contributed by atoms with E-state index >= 15 is 0 Å². The average molecular weight is 289 g/mol. The molecule has 0 radical (unpaired) electrons. The van der Waals surface area contributed by atoms with Gasteiger partial charge in [-0.25, -0.2) is 0 Å². The maximum atomic E-state index is 10.7. The fourth-order valence-corrected chi connectivity index (χ4v) is 4.50. The van der Waals surface area contributed by atoms with Crippen molar-refractivity contribution in [3.63, 3.8) is 0 Å². The number of hydrogen-bond acceptors (Lipinski definition) is 2. The number of aliphatic carboxylic acids is 1. The molecular weight excluding hydrogens is 270 g/mol. The van der Waals surface area contributed by atoms with E-state index in [-0.39, 0.29) is 11.2 Å². The van der Waals surface area contributed by atoms with Crippen LogP contribution in [0, 0.1) is 0 Å². The molecule has 1 aliphatic rings. The molecule has 106 valence electrons. The summed E-state index contributed by atoms with van der Waals surface area (Å²) in [7, 11) is 0. The van der Waals surface area contributed by atoms with E-state index in [1.165, 1.54) is 22.2 Å². The summed E-state index contributed by atoms with van der Waals surface area (Å²) in [5.74, 6) is 0.407. The lowest BCUT2D eigenvalue weighted by molar-refractivity contribution is -0.137. The summed E-state index contributed by atoms with van der Waals surface area (Å²) in [4.78, 5) is 14.3. The molecule has 0 fully saturated rings. The number of carbonyl (C=O) groups is 1. The lowest BCUT2D eigenvalue weighted by atomic mass is 9.94. The van der Waals surface area contributed by atoms with Crippen molar-refractivity contribution in [1.29, 1.82) is 0 Å². The first-order valence-corrected chi connectivity index (χ1v) is 8.04. The molecule has 0 amide bonds. The van der Waals surface area contributed by atoms with Crippen LogP contribution >= 0.6 is 11.8 Å². The van der Waals surface area contributed by atoms with Crippen molar-refractivity contribution >= 4 is 28.6 Å². The Morgan fingerprint density at radius 3 is 3.05 bits per heavy atom. The van der Waals surface area contributed by atoms with E-state index in [1.54, 1.807) is 0 Å². The molecule has 2 N–H and O–H groups in total. The Bertz CT molecular complexity index is 649. The normalized spacial score (nSPS) is 21.9. The molecular formula is C16H19NO2S. The zero-order valence-corrected chi connectivity index (χ0v) is 12.4. The zero-order chi connectivity index (χ0) is 14.2. The van der Waals surface area contributed by atoms with Gasteiger partial charge in [-0.15, -0.1) is 11.8 Å². The number of fused-ring (bicyclic) bond motifs is 3. The molecule has 4 heteroatoms. The van der Waals surface area contributed by atoms with Crippen molar-refractivity contribution in [2.24, 2.45) is 0 Å². The molecule has 1 aromatic heterocycles. The average Bonchev–Trinajstić information content (AvgIpc) is 2.79. The predicted molar refractivity (Wildman–Crippen MR) is 83.3 cm³/mol. The van der Waals surface area contributed by atoms with Crippen LogP contribution in [-0.4, -0.2) is 21.8 Å². The highest BCUT2D eigenvalue weighted by Gasteiger charge is 2.35. The summed E-state index contributed by atoms with van der Waals surface area (Å²) in [5, 5.41) is 10.1. The van der Waals surface area contributed by atoms with Crippen LogP contribution in [0.2, 0.25) is 0 Å². The molecule has 20 heavy (non-hydrogen) atoms. The van der Waals surface area contributed by atoms with E-state index < -0.39 is 5.97 Å². The van der Waals surface area contributed by atoms with Crippen molar-refractivity contribution in [2.45, 2.75) is 37.4 Å². The summed E-state index contributed by atoms with van der Waals surface area (Å²) in [6.07, 6.45) is 2.99. The van der Waals surface area contributed by atoms with E-state index in [9.17, 15) is 4.79 Å². The number of hydrogen-bond donors (Lipinski definition) is 2. The fourth-order valence-electron chi connectivity index (χ4n) is 3.14. The van der Waals surface area contributed by atoms with Gasteiger partial charge in [-0.05, 0) is 43.6 Å². The molecule has 1 aromatic carbocycles. The lowest BCUT2D eigenvalue weighted by Gasteiger charge is -2.33. The molecule has 1 unspecified atom stereocenters. The molecule has 1 aliphatic heterocycles. The maximum Gasteiger partial charge on any atom is 0.303 e. The number of rotatable bonds is 4. The number of H-pyrrole nitrogens is 1. The van der Waals surface area contributed by atoms with Gasteiger partial charge in [0.1, 0.15) is 0 Å². The van der Waals surface area contributed by atoms with Crippen molar-refractivity contribution in [3.05, 3.63) is 35.5 Å². The first-order chi connectivity index (χ1) is 9.60. The molecule has 0 saturated heterocycles. The Balaban J connectivity index is 1.94. The van der Waals surface area contributed by atoms with E-state index in [0.29, 0.717) is 0 Å². The predicted octanol–water partition coefficient (Wildman–Crippen LogP) is 3.93. The van der Waals surface area contributed by atoms with Crippen LogP contribution in [0.4, 0.5) is 0 Å². The SMILES string of the molecule is CC1(CCCC(=O)O)SCCc2c1[nH]c1ccccc21. The molecule has 0 aliphatic carbocycles. The second kappa shape index (κ2) is 5.17. The Kier molecular flexibility index (Phi) is 3.50. The van der Waals surface area contributed by atoms with Crippen molar-refractivity contribution in [2.75, 3.05) is 5.75 Å². The molecule has 2 aromatic rings. The number of carboxylic acids is 1. The minimum absolute atomic E-state index is 0.0159. The third-order valence-corrected chi connectivity index (χ3v) is 5.61. The van der Waals surface area contributed by atoms with Gasteiger partial charge in [0.25, 0.3) is 0 Å². The molecule has 0 bridgehead atoms. The largest absolute Gasteiger partial charge is 0.481 e. The van der Waals surface area contributed by atoms with Gasteiger partial charge in [-0.3, -0.25) is 4.79 Å². The van der Waals surface area contributed by atoms with Gasteiger partial charge in [0.05, 0.1) is 4.75 Å².